The van der Waals surface area contributed by atoms with Crippen molar-refractivity contribution in [2.45, 2.75) is 26.8 Å². The summed E-state index contributed by atoms with van der Waals surface area (Å²) < 4.78 is 0. The Labute approximate surface area is 160 Å². The van der Waals surface area contributed by atoms with Crippen LogP contribution in [0.2, 0.25) is 5.02 Å². The second kappa shape index (κ2) is 11.5. The van der Waals surface area contributed by atoms with Gasteiger partial charge in [0, 0.05) is 26.2 Å². The molecule has 0 radical (unpaired) electrons. The Morgan fingerprint density at radius 1 is 1.17 bits per heavy atom. The normalized spacial score (nSPS) is 12.3. The van der Waals surface area contributed by atoms with Gasteiger partial charge in [0.05, 0.1) is 10.6 Å². The van der Waals surface area contributed by atoms with Gasteiger partial charge in [-0.3, -0.25) is 9.79 Å². The molecule has 7 heteroatoms. The molecule has 0 aliphatic rings. The average Bonchev–Trinajstić information content (AvgIpc) is 2.50. The number of rotatable bonds is 6. The lowest BCUT2D eigenvalue weighted by molar-refractivity contribution is 0.0954. The standard InChI is InChI=1S/C16H25ClN4O.HI/c1-11(2)12(3)21-16(18-4)20-10-9-19-15(22)13-7-5-6-8-14(13)17;/h5-8,11-12H,9-10H2,1-4H3,(H,19,22)(H2,18,20,21);1H. The Kier molecular flexibility index (Phi) is 11.0. The predicted molar refractivity (Wildman–Crippen MR) is 108 cm³/mol. The summed E-state index contributed by atoms with van der Waals surface area (Å²) in [6.45, 7) is 7.47. The van der Waals surface area contributed by atoms with Gasteiger partial charge >= 0.3 is 0 Å². The number of carbonyl (C=O) groups is 1. The van der Waals surface area contributed by atoms with Gasteiger partial charge in [-0.2, -0.15) is 0 Å². The minimum Gasteiger partial charge on any atom is -0.355 e. The molecule has 0 heterocycles. The van der Waals surface area contributed by atoms with Gasteiger partial charge in [-0.05, 0) is 25.0 Å². The zero-order valence-electron chi connectivity index (χ0n) is 14.0. The number of aliphatic imine (C=N–C) groups is 1. The number of halogens is 2. The van der Waals surface area contributed by atoms with E-state index in [1.807, 2.05) is 0 Å². The van der Waals surface area contributed by atoms with Crippen LogP contribution in [0.1, 0.15) is 31.1 Å². The van der Waals surface area contributed by atoms with Crippen LogP contribution in [-0.4, -0.2) is 38.0 Å². The summed E-state index contributed by atoms with van der Waals surface area (Å²) >= 11 is 5.99. The van der Waals surface area contributed by atoms with Gasteiger partial charge in [0.2, 0.25) is 0 Å². The largest absolute Gasteiger partial charge is 0.355 e. The molecule has 1 aromatic rings. The summed E-state index contributed by atoms with van der Waals surface area (Å²) in [6, 6.07) is 7.32. The molecule has 3 N–H and O–H groups in total. The summed E-state index contributed by atoms with van der Waals surface area (Å²) in [4.78, 5) is 16.1. The lowest BCUT2D eigenvalue weighted by Crippen LogP contribution is -2.46. The molecule has 0 aliphatic carbocycles. The summed E-state index contributed by atoms with van der Waals surface area (Å²) in [7, 11) is 1.73. The average molecular weight is 453 g/mol. The molecule has 130 valence electrons. The number of guanidine groups is 1. The highest BCUT2D eigenvalue weighted by Crippen LogP contribution is 2.14. The van der Waals surface area contributed by atoms with Gasteiger partial charge in [-0.25, -0.2) is 0 Å². The first-order valence-electron chi connectivity index (χ1n) is 7.45. The van der Waals surface area contributed by atoms with Crippen molar-refractivity contribution in [2.24, 2.45) is 10.9 Å². The van der Waals surface area contributed by atoms with Crippen LogP contribution in [0, 0.1) is 5.92 Å². The van der Waals surface area contributed by atoms with E-state index in [9.17, 15) is 4.79 Å². The number of hydrogen-bond acceptors (Lipinski definition) is 2. The van der Waals surface area contributed by atoms with Crippen molar-refractivity contribution in [3.05, 3.63) is 34.9 Å². The second-order valence-electron chi connectivity index (χ2n) is 5.41. The van der Waals surface area contributed by atoms with Crippen LogP contribution >= 0.6 is 35.6 Å². The molecular formula is C16H26ClIN4O. The molecule has 0 aliphatic heterocycles. The van der Waals surface area contributed by atoms with Crippen LogP contribution < -0.4 is 16.0 Å². The molecule has 1 aromatic carbocycles. The van der Waals surface area contributed by atoms with E-state index in [4.69, 9.17) is 11.6 Å². The zero-order chi connectivity index (χ0) is 16.5. The Morgan fingerprint density at radius 2 is 1.78 bits per heavy atom. The molecule has 1 amide bonds. The molecule has 0 saturated heterocycles. The molecule has 1 rings (SSSR count). The molecule has 1 atom stereocenters. The van der Waals surface area contributed by atoms with Crippen molar-refractivity contribution in [1.82, 2.24) is 16.0 Å². The van der Waals surface area contributed by atoms with Crippen LogP contribution in [-0.2, 0) is 0 Å². The summed E-state index contributed by atoms with van der Waals surface area (Å²) in [5, 5.41) is 9.75. The Morgan fingerprint density at radius 3 is 2.35 bits per heavy atom. The first-order valence-corrected chi connectivity index (χ1v) is 7.83. The van der Waals surface area contributed by atoms with Crippen molar-refractivity contribution in [2.75, 3.05) is 20.1 Å². The second-order valence-corrected chi connectivity index (χ2v) is 5.82. The third-order valence-corrected chi connectivity index (χ3v) is 3.74. The Balaban J connectivity index is 0.00000484. The molecule has 5 nitrogen and oxygen atoms in total. The highest BCUT2D eigenvalue weighted by atomic mass is 127. The third kappa shape index (κ3) is 7.87. The molecule has 0 spiro atoms. The van der Waals surface area contributed by atoms with Crippen molar-refractivity contribution < 1.29 is 4.79 Å². The van der Waals surface area contributed by atoms with Crippen molar-refractivity contribution in [3.8, 4) is 0 Å². The first-order chi connectivity index (χ1) is 10.5. The van der Waals surface area contributed by atoms with E-state index in [0.29, 0.717) is 35.6 Å². The van der Waals surface area contributed by atoms with Gasteiger partial charge in [0.25, 0.3) is 5.91 Å². The lowest BCUT2D eigenvalue weighted by atomic mass is 10.1. The maximum atomic E-state index is 12.0. The molecule has 1 unspecified atom stereocenters. The van der Waals surface area contributed by atoms with Crippen molar-refractivity contribution in [1.29, 1.82) is 0 Å². The van der Waals surface area contributed by atoms with Crippen LogP contribution in [0.4, 0.5) is 0 Å². The number of hydrogen-bond donors (Lipinski definition) is 3. The molecule has 0 fully saturated rings. The highest BCUT2D eigenvalue weighted by molar-refractivity contribution is 14.0. The highest BCUT2D eigenvalue weighted by Gasteiger charge is 2.10. The Bertz CT molecular complexity index is 523. The SMILES string of the molecule is CN=C(NCCNC(=O)c1ccccc1Cl)NC(C)C(C)C.I. The summed E-state index contributed by atoms with van der Waals surface area (Å²) in [6.07, 6.45) is 0. The predicted octanol–water partition coefficient (Wildman–Crippen LogP) is 2.90. The maximum absolute atomic E-state index is 12.0. The Hall–Kier alpha value is -1.02. The fourth-order valence-corrected chi connectivity index (χ4v) is 1.90. The van der Waals surface area contributed by atoms with Gasteiger partial charge < -0.3 is 16.0 Å². The number of carbonyl (C=O) groups excluding carboxylic acids is 1. The van der Waals surface area contributed by atoms with E-state index >= 15 is 0 Å². The minimum atomic E-state index is -0.175. The minimum absolute atomic E-state index is 0. The van der Waals surface area contributed by atoms with Crippen molar-refractivity contribution >= 4 is 47.4 Å². The van der Waals surface area contributed by atoms with Crippen LogP contribution in [0.5, 0.6) is 0 Å². The first kappa shape index (κ1) is 22.0. The molecule has 0 saturated carbocycles. The molecule has 0 aromatic heterocycles. The smallest absolute Gasteiger partial charge is 0.252 e. The van der Waals surface area contributed by atoms with E-state index in [1.165, 1.54) is 0 Å². The topological polar surface area (TPSA) is 65.5 Å². The quantitative estimate of drug-likeness (QED) is 0.269. The monoisotopic (exact) mass is 452 g/mol. The van der Waals surface area contributed by atoms with E-state index in [2.05, 4.69) is 41.7 Å². The van der Waals surface area contributed by atoms with Crippen LogP contribution in [0.25, 0.3) is 0 Å². The number of amides is 1. The number of nitrogens with one attached hydrogen (secondary N) is 3. The van der Waals surface area contributed by atoms with E-state index < -0.39 is 0 Å². The van der Waals surface area contributed by atoms with Gasteiger partial charge in [0.1, 0.15) is 0 Å². The van der Waals surface area contributed by atoms with E-state index in [0.717, 1.165) is 5.96 Å². The fraction of sp³-hybridized carbons (Fsp3) is 0.500. The van der Waals surface area contributed by atoms with Gasteiger partial charge in [-0.1, -0.05) is 37.6 Å². The van der Waals surface area contributed by atoms with Gasteiger partial charge in [-0.15, -0.1) is 24.0 Å². The lowest BCUT2D eigenvalue weighted by Gasteiger charge is -2.20. The number of nitrogens with zero attached hydrogens (tertiary/aromatic N) is 1. The summed E-state index contributed by atoms with van der Waals surface area (Å²) in [5.74, 6) is 1.07. The number of benzene rings is 1. The van der Waals surface area contributed by atoms with Crippen molar-refractivity contribution in [3.63, 3.8) is 0 Å². The summed E-state index contributed by atoms with van der Waals surface area (Å²) in [5.41, 5.74) is 0.486. The van der Waals surface area contributed by atoms with Gasteiger partial charge in [0.15, 0.2) is 5.96 Å². The molecule has 23 heavy (non-hydrogen) atoms. The van der Waals surface area contributed by atoms with Crippen LogP contribution in [0.15, 0.2) is 29.3 Å². The molecule has 0 bridgehead atoms. The zero-order valence-corrected chi connectivity index (χ0v) is 17.1. The fourth-order valence-electron chi connectivity index (χ4n) is 1.67. The maximum Gasteiger partial charge on any atom is 0.252 e. The third-order valence-electron chi connectivity index (χ3n) is 3.41. The van der Waals surface area contributed by atoms with E-state index in [1.54, 1.807) is 31.3 Å². The van der Waals surface area contributed by atoms with Crippen LogP contribution in [0.3, 0.4) is 0 Å². The molecular weight excluding hydrogens is 427 g/mol. The van der Waals surface area contributed by atoms with E-state index in [-0.39, 0.29) is 29.9 Å².